The number of hydrogen-bond donors (Lipinski definition) is 1. The van der Waals surface area contributed by atoms with Crippen molar-refractivity contribution in [2.45, 2.75) is 19.0 Å². The van der Waals surface area contributed by atoms with Gasteiger partial charge in [0.1, 0.15) is 5.82 Å². The lowest BCUT2D eigenvalue weighted by Crippen LogP contribution is -2.42. The lowest BCUT2D eigenvalue weighted by Gasteiger charge is -2.33. The lowest BCUT2D eigenvalue weighted by atomic mass is 9.96. The quantitative estimate of drug-likeness (QED) is 0.855. The number of likely N-dealkylation sites (tertiary alicyclic amines) is 1. The van der Waals surface area contributed by atoms with Crippen molar-refractivity contribution in [2.24, 2.45) is 5.92 Å². The molecule has 1 saturated heterocycles. The number of carbonyl (C=O) groups is 1. The molecule has 0 bridgehead atoms. The van der Waals surface area contributed by atoms with Gasteiger partial charge in [-0.2, -0.15) is 13.2 Å². The highest BCUT2D eigenvalue weighted by atomic mass is 35.5. The molecule has 0 unspecified atom stereocenters. The van der Waals surface area contributed by atoms with Crippen molar-refractivity contribution >= 4 is 23.3 Å². The number of alkyl halides is 3. The van der Waals surface area contributed by atoms with Gasteiger partial charge in [0.05, 0.1) is 17.1 Å². The van der Waals surface area contributed by atoms with Crippen LogP contribution in [0.15, 0.2) is 12.3 Å². The van der Waals surface area contributed by atoms with E-state index in [1.54, 1.807) is 19.0 Å². The van der Waals surface area contributed by atoms with Crippen LogP contribution in [0.5, 0.6) is 0 Å². The van der Waals surface area contributed by atoms with Gasteiger partial charge in [0, 0.05) is 26.8 Å². The Morgan fingerprint density at radius 2 is 2.08 bits per heavy atom. The molecule has 0 atom stereocenters. The first-order valence-electron chi connectivity index (χ1n) is 8.07. The summed E-state index contributed by atoms with van der Waals surface area (Å²) < 4.78 is 38.0. The molecule has 2 heterocycles. The molecule has 1 aromatic rings. The Labute approximate surface area is 150 Å². The molecule has 0 radical (unpaired) electrons. The zero-order valence-corrected chi connectivity index (χ0v) is 15.0. The van der Waals surface area contributed by atoms with Crippen LogP contribution in [0, 0.1) is 5.92 Å². The molecular weight excluding hydrogens is 357 g/mol. The molecule has 1 N–H and O–H groups in total. The van der Waals surface area contributed by atoms with Gasteiger partial charge in [-0.25, -0.2) is 4.98 Å². The summed E-state index contributed by atoms with van der Waals surface area (Å²) in [4.78, 5) is 19.2. The molecule has 1 fully saturated rings. The maximum atomic E-state index is 12.7. The van der Waals surface area contributed by atoms with E-state index in [2.05, 4.69) is 15.2 Å². The third-order valence-electron chi connectivity index (χ3n) is 4.40. The molecule has 5 nitrogen and oxygen atoms in total. The minimum absolute atomic E-state index is 0.00342. The van der Waals surface area contributed by atoms with Crippen LogP contribution in [0.1, 0.15) is 18.4 Å². The van der Waals surface area contributed by atoms with Crippen LogP contribution in [0.25, 0.3) is 0 Å². The average molecular weight is 379 g/mol. The van der Waals surface area contributed by atoms with E-state index in [4.69, 9.17) is 11.6 Å². The van der Waals surface area contributed by atoms with Crippen molar-refractivity contribution in [1.29, 1.82) is 0 Å². The minimum Gasteiger partial charge on any atom is -0.358 e. The van der Waals surface area contributed by atoms with E-state index in [1.807, 2.05) is 0 Å². The second kappa shape index (κ2) is 8.23. The van der Waals surface area contributed by atoms with Crippen LogP contribution >= 0.6 is 11.6 Å². The topological polar surface area (TPSA) is 48.5 Å². The van der Waals surface area contributed by atoms with Crippen molar-refractivity contribution < 1.29 is 18.0 Å². The predicted molar refractivity (Wildman–Crippen MR) is 90.7 cm³/mol. The number of amides is 1. The van der Waals surface area contributed by atoms with Crippen molar-refractivity contribution in [1.82, 2.24) is 15.2 Å². The fourth-order valence-electron chi connectivity index (χ4n) is 2.95. The van der Waals surface area contributed by atoms with Crippen LogP contribution in [-0.2, 0) is 11.0 Å². The Morgan fingerprint density at radius 1 is 1.44 bits per heavy atom. The highest BCUT2D eigenvalue weighted by Gasteiger charge is 2.32. The number of aromatic nitrogens is 1. The predicted octanol–water partition coefficient (Wildman–Crippen LogP) is 2.65. The summed E-state index contributed by atoms with van der Waals surface area (Å²) in [5.74, 6) is 0.727. The fraction of sp³-hybridized carbons (Fsp3) is 0.625. The molecule has 1 aliphatic rings. The van der Waals surface area contributed by atoms with E-state index in [0.29, 0.717) is 24.8 Å². The Morgan fingerprint density at radius 3 is 2.60 bits per heavy atom. The summed E-state index contributed by atoms with van der Waals surface area (Å²) in [7, 11) is 3.39. The first-order valence-corrected chi connectivity index (χ1v) is 8.45. The third-order valence-corrected chi connectivity index (χ3v) is 4.67. The SMILES string of the molecule is CNC(=O)CN1CCC(CN(C)c2ncc(C(F)(F)F)cc2Cl)CC1. The van der Waals surface area contributed by atoms with Gasteiger partial charge in [-0.05, 0) is 37.9 Å². The maximum Gasteiger partial charge on any atom is 0.417 e. The maximum absolute atomic E-state index is 12.7. The summed E-state index contributed by atoms with van der Waals surface area (Å²) in [6.07, 6.45) is -1.81. The second-order valence-corrected chi connectivity index (χ2v) is 6.71. The van der Waals surface area contributed by atoms with Crippen LogP contribution in [-0.4, -0.2) is 56.1 Å². The number of nitrogens with zero attached hydrogens (tertiary/aromatic N) is 3. The number of piperidine rings is 1. The van der Waals surface area contributed by atoms with Gasteiger partial charge in [0.25, 0.3) is 0 Å². The molecule has 140 valence electrons. The first kappa shape index (κ1) is 19.8. The molecular formula is C16H22ClF3N4O. The number of anilines is 1. The standard InChI is InChI=1S/C16H22ClF3N4O/c1-21-14(25)10-24-5-3-11(4-6-24)9-23(2)15-13(17)7-12(8-22-15)16(18,19)20/h7-8,11H,3-6,9-10H2,1-2H3,(H,21,25). The number of hydrogen-bond acceptors (Lipinski definition) is 4. The molecule has 0 spiro atoms. The molecule has 0 aromatic carbocycles. The Hall–Kier alpha value is -1.54. The second-order valence-electron chi connectivity index (χ2n) is 6.30. The van der Waals surface area contributed by atoms with Crippen LogP contribution < -0.4 is 10.2 Å². The zero-order chi connectivity index (χ0) is 18.6. The number of pyridine rings is 1. The number of rotatable bonds is 5. The molecule has 1 amide bonds. The van der Waals surface area contributed by atoms with E-state index in [9.17, 15) is 18.0 Å². The molecule has 1 aromatic heterocycles. The molecule has 2 rings (SSSR count). The molecule has 0 aliphatic carbocycles. The molecule has 0 saturated carbocycles. The van der Waals surface area contributed by atoms with Gasteiger partial charge >= 0.3 is 6.18 Å². The van der Waals surface area contributed by atoms with Crippen molar-refractivity contribution in [2.75, 3.05) is 45.2 Å². The Balaban J connectivity index is 1.91. The number of carbonyl (C=O) groups excluding carboxylic acids is 1. The fourth-order valence-corrected chi connectivity index (χ4v) is 3.26. The van der Waals surface area contributed by atoms with Gasteiger partial charge in [0.2, 0.25) is 5.91 Å². The van der Waals surface area contributed by atoms with E-state index < -0.39 is 11.7 Å². The normalized spacial score (nSPS) is 16.7. The van der Waals surface area contributed by atoms with Crippen molar-refractivity contribution in [3.8, 4) is 0 Å². The molecule has 25 heavy (non-hydrogen) atoms. The summed E-state index contributed by atoms with van der Waals surface area (Å²) in [6, 6.07) is 0.909. The summed E-state index contributed by atoms with van der Waals surface area (Å²) >= 11 is 5.99. The average Bonchev–Trinajstić information content (AvgIpc) is 2.55. The number of likely N-dealkylation sites (N-methyl/N-ethyl adjacent to an activating group) is 1. The highest BCUT2D eigenvalue weighted by Crippen LogP contribution is 2.33. The van der Waals surface area contributed by atoms with Gasteiger partial charge in [-0.1, -0.05) is 11.6 Å². The summed E-state index contributed by atoms with van der Waals surface area (Å²) in [6.45, 7) is 2.69. The van der Waals surface area contributed by atoms with Crippen LogP contribution in [0.3, 0.4) is 0 Å². The van der Waals surface area contributed by atoms with E-state index >= 15 is 0 Å². The smallest absolute Gasteiger partial charge is 0.358 e. The summed E-state index contributed by atoms with van der Waals surface area (Å²) in [5.41, 5.74) is -0.850. The van der Waals surface area contributed by atoms with Gasteiger partial charge < -0.3 is 10.2 Å². The van der Waals surface area contributed by atoms with Crippen molar-refractivity contribution in [3.05, 3.63) is 22.8 Å². The van der Waals surface area contributed by atoms with E-state index in [1.165, 1.54) is 0 Å². The molecule has 1 aliphatic heterocycles. The van der Waals surface area contributed by atoms with Crippen molar-refractivity contribution in [3.63, 3.8) is 0 Å². The highest BCUT2D eigenvalue weighted by molar-refractivity contribution is 6.33. The zero-order valence-electron chi connectivity index (χ0n) is 14.2. The van der Waals surface area contributed by atoms with Gasteiger partial charge in [0.15, 0.2) is 0 Å². The van der Waals surface area contributed by atoms with Gasteiger partial charge in [-0.3, -0.25) is 9.69 Å². The Kier molecular flexibility index (Phi) is 6.51. The van der Waals surface area contributed by atoms with Gasteiger partial charge in [-0.15, -0.1) is 0 Å². The monoisotopic (exact) mass is 378 g/mol. The van der Waals surface area contributed by atoms with E-state index in [-0.39, 0.29) is 10.9 Å². The molecule has 9 heteroatoms. The third kappa shape index (κ3) is 5.47. The number of nitrogens with one attached hydrogen (secondary N) is 1. The minimum atomic E-state index is -4.45. The number of halogens is 4. The first-order chi connectivity index (χ1) is 11.7. The largest absolute Gasteiger partial charge is 0.417 e. The van der Waals surface area contributed by atoms with Crippen LogP contribution in [0.4, 0.5) is 19.0 Å². The summed E-state index contributed by atoms with van der Waals surface area (Å²) in [5, 5.41) is 2.60. The van der Waals surface area contributed by atoms with Crippen LogP contribution in [0.2, 0.25) is 5.02 Å². The van der Waals surface area contributed by atoms with E-state index in [0.717, 1.165) is 38.2 Å². The lowest BCUT2D eigenvalue weighted by molar-refractivity contribution is -0.137. The Bertz CT molecular complexity index is 604.